The van der Waals surface area contributed by atoms with Crippen molar-refractivity contribution in [2.45, 2.75) is 71.5 Å². The molecule has 0 saturated heterocycles. The molecule has 0 aromatic carbocycles. The molecular weight excluding hydrogens is 340 g/mol. The van der Waals surface area contributed by atoms with Crippen LogP contribution in [0.2, 0.25) is 0 Å². The number of aliphatic hydroxyl groups is 2. The van der Waals surface area contributed by atoms with Crippen molar-refractivity contribution in [1.82, 2.24) is 0 Å². The van der Waals surface area contributed by atoms with E-state index < -0.39 is 17.2 Å². The molecule has 0 radical (unpaired) electrons. The number of methoxy groups -OCH3 is 1. The third-order valence-electron chi connectivity index (χ3n) is 5.28. The number of hydrogen-bond donors (Lipinski definition) is 2. The maximum atomic E-state index is 11.6. The predicted molar refractivity (Wildman–Crippen MR) is 109 cm³/mol. The van der Waals surface area contributed by atoms with Gasteiger partial charge >= 0.3 is 5.97 Å². The van der Waals surface area contributed by atoms with Crippen molar-refractivity contribution in [3.05, 3.63) is 42.2 Å². The second-order valence-electron chi connectivity index (χ2n) is 7.92. The third kappa shape index (κ3) is 7.14. The van der Waals surface area contributed by atoms with Crippen LogP contribution in [0.1, 0.15) is 65.7 Å². The molecule has 0 heterocycles. The van der Waals surface area contributed by atoms with Gasteiger partial charge in [-0.1, -0.05) is 50.5 Å². The van der Waals surface area contributed by atoms with E-state index in [4.69, 9.17) is 0 Å². The van der Waals surface area contributed by atoms with E-state index in [1.807, 2.05) is 6.08 Å². The van der Waals surface area contributed by atoms with Gasteiger partial charge in [0.25, 0.3) is 5.79 Å². The molecule has 0 aromatic heterocycles. The molecule has 0 spiro atoms. The molecule has 1 rings (SSSR count). The van der Waals surface area contributed by atoms with Gasteiger partial charge in [0, 0.05) is 0 Å². The van der Waals surface area contributed by atoms with Crippen LogP contribution in [-0.2, 0) is 9.53 Å². The normalized spacial score (nSPS) is 19.9. The Bertz CT molecular complexity index is 577. The van der Waals surface area contributed by atoms with Crippen LogP contribution >= 0.6 is 0 Å². The molecular formula is C23H36O4. The molecule has 4 nitrogen and oxygen atoms in total. The van der Waals surface area contributed by atoms with Crippen LogP contribution in [0.4, 0.5) is 0 Å². The first-order chi connectivity index (χ1) is 12.8. The van der Waals surface area contributed by atoms with Gasteiger partial charge in [-0.25, -0.2) is 4.79 Å². The molecule has 27 heavy (non-hydrogen) atoms. The maximum Gasteiger partial charge on any atom is 0.367 e. The summed E-state index contributed by atoms with van der Waals surface area (Å²) in [6.45, 7) is 5.35. The van der Waals surface area contributed by atoms with E-state index in [1.165, 1.54) is 31.8 Å². The first-order valence-electron chi connectivity index (χ1n) is 10.0. The highest BCUT2D eigenvalue weighted by atomic mass is 16.6. The predicted octanol–water partition coefficient (Wildman–Crippen LogP) is 4.69. The van der Waals surface area contributed by atoms with Gasteiger partial charge in [0.05, 0.1) is 12.5 Å². The Labute approximate surface area is 164 Å². The van der Waals surface area contributed by atoms with E-state index in [9.17, 15) is 15.0 Å². The van der Waals surface area contributed by atoms with Gasteiger partial charge in [-0.2, -0.15) is 0 Å². The average Bonchev–Trinajstić information content (AvgIpc) is 3.08. The van der Waals surface area contributed by atoms with E-state index in [-0.39, 0.29) is 0 Å². The smallest absolute Gasteiger partial charge is 0.367 e. The van der Waals surface area contributed by atoms with Crippen molar-refractivity contribution in [2.75, 3.05) is 7.11 Å². The van der Waals surface area contributed by atoms with Crippen molar-refractivity contribution < 1.29 is 19.7 Å². The third-order valence-corrected chi connectivity index (χ3v) is 5.28. The van der Waals surface area contributed by atoms with Gasteiger partial charge in [0.1, 0.15) is 0 Å². The highest BCUT2D eigenvalue weighted by Gasteiger charge is 2.48. The number of rotatable bonds is 11. The summed E-state index contributed by atoms with van der Waals surface area (Å²) in [6, 6.07) is 0. The van der Waals surface area contributed by atoms with Crippen LogP contribution in [0.5, 0.6) is 0 Å². The van der Waals surface area contributed by atoms with E-state index in [0.717, 1.165) is 26.4 Å². The van der Waals surface area contributed by atoms with Crippen molar-refractivity contribution in [3.8, 4) is 0 Å². The van der Waals surface area contributed by atoms with Crippen molar-refractivity contribution in [2.24, 2.45) is 17.3 Å². The van der Waals surface area contributed by atoms with Gasteiger partial charge in [-0.05, 0) is 63.5 Å². The molecule has 0 bridgehead atoms. The van der Waals surface area contributed by atoms with Crippen LogP contribution in [-0.4, -0.2) is 29.1 Å². The molecule has 4 heteroatoms. The topological polar surface area (TPSA) is 66.8 Å². The standard InChI is InChI=1S/C23H36O4/c1-5-6-7-8-9-10-14-19-16-13-17-20(19)15-11-12-18-22(2,3)23(25,26)21(24)27-4/h10-11,13-14,16,18-20,25-26H,5-9,15,17H2,1-4H3/t12?,19-,20-/m0/s1. The van der Waals surface area contributed by atoms with Gasteiger partial charge in [0.15, 0.2) is 0 Å². The minimum absolute atomic E-state index is 0.451. The van der Waals surface area contributed by atoms with E-state index in [1.54, 1.807) is 13.8 Å². The summed E-state index contributed by atoms with van der Waals surface area (Å²) in [5.41, 5.74) is 1.81. The minimum atomic E-state index is -2.58. The summed E-state index contributed by atoms with van der Waals surface area (Å²) < 4.78 is 4.46. The van der Waals surface area contributed by atoms with E-state index in [2.05, 4.69) is 41.7 Å². The van der Waals surface area contributed by atoms with Crippen LogP contribution in [0.15, 0.2) is 42.2 Å². The fourth-order valence-electron chi connectivity index (χ4n) is 3.13. The van der Waals surface area contributed by atoms with Crippen LogP contribution < -0.4 is 0 Å². The van der Waals surface area contributed by atoms with Gasteiger partial charge in [-0.15, -0.1) is 5.73 Å². The number of allylic oxidation sites excluding steroid dienone is 4. The molecule has 0 unspecified atom stereocenters. The Kier molecular flexibility index (Phi) is 9.79. The lowest BCUT2D eigenvalue weighted by atomic mass is 9.83. The Hall–Kier alpha value is -1.61. The molecule has 2 atom stereocenters. The number of unbranched alkanes of at least 4 members (excludes halogenated alkanes) is 4. The summed E-state index contributed by atoms with van der Waals surface area (Å²) in [6.07, 6.45) is 20.7. The van der Waals surface area contributed by atoms with E-state index in [0.29, 0.717) is 11.8 Å². The minimum Gasteiger partial charge on any atom is -0.465 e. The summed E-state index contributed by atoms with van der Waals surface area (Å²) in [5.74, 6) is -2.70. The average molecular weight is 377 g/mol. The van der Waals surface area contributed by atoms with Crippen LogP contribution in [0.3, 0.4) is 0 Å². The van der Waals surface area contributed by atoms with Gasteiger partial charge in [-0.3, -0.25) is 0 Å². The maximum absolute atomic E-state index is 11.6. The number of carbonyl (C=O) groups excluding carboxylic acids is 1. The number of carbonyl (C=O) groups is 1. The first kappa shape index (κ1) is 23.4. The molecule has 0 amide bonds. The fourth-order valence-corrected chi connectivity index (χ4v) is 3.13. The lowest BCUT2D eigenvalue weighted by Gasteiger charge is -2.32. The Morgan fingerprint density at radius 1 is 1.30 bits per heavy atom. The Morgan fingerprint density at radius 2 is 2.04 bits per heavy atom. The molecule has 2 N–H and O–H groups in total. The largest absolute Gasteiger partial charge is 0.465 e. The zero-order chi connectivity index (χ0) is 20.3. The summed E-state index contributed by atoms with van der Waals surface area (Å²) >= 11 is 0. The molecule has 1 aliphatic rings. The van der Waals surface area contributed by atoms with Crippen LogP contribution in [0.25, 0.3) is 0 Å². The number of esters is 1. The second kappa shape index (κ2) is 11.3. The SMILES string of the molecule is CCCCCCC=C[C@H]1C=CC[C@@H]1CC=C=CC(C)(C)C(O)(O)C(=O)OC. The first-order valence-corrected chi connectivity index (χ1v) is 10.0. The highest BCUT2D eigenvalue weighted by molar-refractivity contribution is 5.78. The lowest BCUT2D eigenvalue weighted by molar-refractivity contribution is -0.235. The fraction of sp³-hybridized carbons (Fsp3) is 0.652. The van der Waals surface area contributed by atoms with Crippen molar-refractivity contribution in [3.63, 3.8) is 0 Å². The van der Waals surface area contributed by atoms with Gasteiger partial charge < -0.3 is 14.9 Å². The molecule has 0 fully saturated rings. The summed E-state index contributed by atoms with van der Waals surface area (Å²) in [5, 5.41) is 20.0. The number of hydrogen-bond acceptors (Lipinski definition) is 4. The highest BCUT2D eigenvalue weighted by Crippen LogP contribution is 2.32. The molecule has 0 saturated carbocycles. The van der Waals surface area contributed by atoms with E-state index >= 15 is 0 Å². The molecule has 0 aliphatic heterocycles. The van der Waals surface area contributed by atoms with Crippen molar-refractivity contribution >= 4 is 5.97 Å². The molecule has 0 aromatic rings. The summed E-state index contributed by atoms with van der Waals surface area (Å²) in [7, 11) is 1.13. The molecule has 1 aliphatic carbocycles. The van der Waals surface area contributed by atoms with Gasteiger partial charge in [0.2, 0.25) is 0 Å². The monoisotopic (exact) mass is 376 g/mol. The number of ether oxygens (including phenoxy) is 1. The second-order valence-corrected chi connectivity index (χ2v) is 7.92. The van der Waals surface area contributed by atoms with Crippen molar-refractivity contribution in [1.29, 1.82) is 0 Å². The lowest BCUT2D eigenvalue weighted by Crippen LogP contribution is -2.51. The summed E-state index contributed by atoms with van der Waals surface area (Å²) in [4.78, 5) is 11.6. The van der Waals surface area contributed by atoms with Crippen LogP contribution in [0, 0.1) is 17.3 Å². The Morgan fingerprint density at radius 3 is 2.70 bits per heavy atom. The zero-order valence-corrected chi connectivity index (χ0v) is 17.3. The zero-order valence-electron chi connectivity index (χ0n) is 17.3. The quantitative estimate of drug-likeness (QED) is 0.180. The molecule has 152 valence electrons. The Balaban J connectivity index is 2.56.